The van der Waals surface area contributed by atoms with Crippen LogP contribution in [0.4, 0.5) is 5.69 Å². The molecule has 1 aliphatic heterocycles. The average Bonchev–Trinajstić information content (AvgIpc) is 3.25. The molecule has 7 heteroatoms. The highest BCUT2D eigenvalue weighted by Crippen LogP contribution is 2.38. The molecular weight excluding hydrogens is 426 g/mol. The number of nitrogens with one attached hydrogen (secondary N) is 1. The summed E-state index contributed by atoms with van der Waals surface area (Å²) in [5.74, 6) is -0.361. The maximum Gasteiger partial charge on any atom is 0.276 e. The van der Waals surface area contributed by atoms with Gasteiger partial charge in [-0.1, -0.05) is 43.4 Å². The second-order valence-electron chi connectivity index (χ2n) is 9.29. The van der Waals surface area contributed by atoms with Gasteiger partial charge in [-0.25, -0.2) is 0 Å². The van der Waals surface area contributed by atoms with Gasteiger partial charge in [-0.3, -0.25) is 14.5 Å². The molecule has 32 heavy (non-hydrogen) atoms. The fraction of sp³-hybridized carbons (Fsp3) is 0.440. The number of amides is 2. The van der Waals surface area contributed by atoms with Crippen molar-refractivity contribution in [3.05, 3.63) is 52.9 Å². The first-order valence-corrected chi connectivity index (χ1v) is 11.7. The van der Waals surface area contributed by atoms with E-state index in [0.717, 1.165) is 36.8 Å². The molecule has 3 aromatic rings. The Bertz CT molecular complexity index is 1190. The fourth-order valence-corrected chi connectivity index (χ4v) is 5.34. The summed E-state index contributed by atoms with van der Waals surface area (Å²) in [5.41, 5.74) is 2.41. The number of aromatic nitrogens is 1. The minimum atomic E-state index is -1.12. The third kappa shape index (κ3) is 3.41. The Morgan fingerprint density at radius 2 is 1.91 bits per heavy atom. The van der Waals surface area contributed by atoms with Crippen LogP contribution >= 0.6 is 11.6 Å². The Hall–Kier alpha value is -2.73. The van der Waals surface area contributed by atoms with Crippen molar-refractivity contribution >= 4 is 40.2 Å². The van der Waals surface area contributed by atoms with E-state index in [1.165, 1.54) is 12.8 Å². The van der Waals surface area contributed by atoms with Gasteiger partial charge in [0.25, 0.3) is 5.91 Å². The van der Waals surface area contributed by atoms with Crippen LogP contribution in [-0.4, -0.2) is 28.0 Å². The third-order valence-corrected chi connectivity index (χ3v) is 7.23. The number of furan rings is 1. The van der Waals surface area contributed by atoms with Gasteiger partial charge in [-0.15, -0.1) is 0 Å². The van der Waals surface area contributed by atoms with E-state index in [4.69, 9.17) is 16.0 Å². The molecule has 2 amide bonds. The standard InChI is InChI=1S/C25H28ClN3O3/c1-16-9-10-17(26)13-20(16)29-23(30)21-14-22-19(11-12-32-22)28(21)15-25(29,2)24(31)27-18-7-5-3-4-6-8-18/h9-14,18H,3-8,15H2,1-2H3,(H,27,31). The second kappa shape index (κ2) is 8.00. The van der Waals surface area contributed by atoms with Crippen LogP contribution in [0.1, 0.15) is 61.5 Å². The highest BCUT2D eigenvalue weighted by Gasteiger charge is 2.49. The van der Waals surface area contributed by atoms with E-state index >= 15 is 0 Å². The van der Waals surface area contributed by atoms with Crippen molar-refractivity contribution in [2.45, 2.75) is 70.5 Å². The SMILES string of the molecule is Cc1ccc(Cl)cc1N1C(=O)c2cc3occc3n2CC1(C)C(=O)NC1CCCCCC1. The number of hydrogen-bond acceptors (Lipinski definition) is 3. The molecule has 168 valence electrons. The van der Waals surface area contributed by atoms with Gasteiger partial charge in [0.2, 0.25) is 5.91 Å². The van der Waals surface area contributed by atoms with Crippen LogP contribution in [0.25, 0.3) is 11.1 Å². The zero-order chi connectivity index (χ0) is 22.5. The first-order valence-electron chi connectivity index (χ1n) is 11.4. The molecule has 3 heterocycles. The van der Waals surface area contributed by atoms with Crippen LogP contribution in [0, 0.1) is 6.92 Å². The van der Waals surface area contributed by atoms with E-state index in [9.17, 15) is 9.59 Å². The second-order valence-corrected chi connectivity index (χ2v) is 9.73. The van der Waals surface area contributed by atoms with Crippen molar-refractivity contribution in [2.24, 2.45) is 0 Å². The number of rotatable bonds is 3. The molecule has 1 N–H and O–H groups in total. The summed E-state index contributed by atoms with van der Waals surface area (Å²) >= 11 is 6.32. The van der Waals surface area contributed by atoms with E-state index in [0.29, 0.717) is 28.5 Å². The molecule has 2 aromatic heterocycles. The lowest BCUT2D eigenvalue weighted by Crippen LogP contribution is -2.65. The highest BCUT2D eigenvalue weighted by molar-refractivity contribution is 6.31. The first kappa shape index (κ1) is 21.1. The summed E-state index contributed by atoms with van der Waals surface area (Å²) in [6.45, 7) is 4.12. The van der Waals surface area contributed by atoms with Crippen LogP contribution in [0.15, 0.2) is 41.0 Å². The van der Waals surface area contributed by atoms with Gasteiger partial charge < -0.3 is 14.3 Å². The number of aryl methyl sites for hydroxylation is 1. The molecule has 1 atom stereocenters. The number of carbonyl (C=O) groups excluding carboxylic acids is 2. The minimum Gasteiger partial charge on any atom is -0.463 e. The average molecular weight is 454 g/mol. The van der Waals surface area contributed by atoms with Gasteiger partial charge in [-0.05, 0) is 44.4 Å². The molecule has 1 aromatic carbocycles. The molecular formula is C25H28ClN3O3. The summed E-state index contributed by atoms with van der Waals surface area (Å²) in [6, 6.07) is 9.19. The lowest BCUT2D eigenvalue weighted by atomic mass is 9.92. The van der Waals surface area contributed by atoms with E-state index in [1.807, 2.05) is 30.5 Å². The molecule has 1 aliphatic carbocycles. The lowest BCUT2D eigenvalue weighted by molar-refractivity contribution is -0.127. The molecule has 0 bridgehead atoms. The molecule has 0 saturated heterocycles. The van der Waals surface area contributed by atoms with Crippen molar-refractivity contribution in [1.29, 1.82) is 0 Å². The molecule has 1 saturated carbocycles. The van der Waals surface area contributed by atoms with Crippen molar-refractivity contribution in [3.63, 3.8) is 0 Å². The van der Waals surface area contributed by atoms with Crippen molar-refractivity contribution in [3.8, 4) is 0 Å². The predicted octanol–water partition coefficient (Wildman–Crippen LogP) is 5.45. The van der Waals surface area contributed by atoms with Crippen LogP contribution < -0.4 is 10.2 Å². The molecule has 0 radical (unpaired) electrons. The Morgan fingerprint density at radius 3 is 2.66 bits per heavy atom. The van der Waals surface area contributed by atoms with Gasteiger partial charge in [0.05, 0.1) is 18.3 Å². The van der Waals surface area contributed by atoms with Gasteiger partial charge in [-0.2, -0.15) is 0 Å². The Morgan fingerprint density at radius 1 is 1.16 bits per heavy atom. The molecule has 0 spiro atoms. The van der Waals surface area contributed by atoms with Crippen molar-refractivity contribution < 1.29 is 14.0 Å². The van der Waals surface area contributed by atoms with Crippen molar-refractivity contribution in [1.82, 2.24) is 9.88 Å². The summed E-state index contributed by atoms with van der Waals surface area (Å²) in [6.07, 6.45) is 8.23. The first-order chi connectivity index (χ1) is 15.4. The number of hydrogen-bond donors (Lipinski definition) is 1. The maximum absolute atomic E-state index is 13.9. The summed E-state index contributed by atoms with van der Waals surface area (Å²) < 4.78 is 7.46. The zero-order valence-electron chi connectivity index (χ0n) is 18.5. The number of nitrogens with zero attached hydrogens (tertiary/aromatic N) is 2. The van der Waals surface area contributed by atoms with Crippen LogP contribution in [0.2, 0.25) is 5.02 Å². The summed E-state index contributed by atoms with van der Waals surface area (Å²) in [5, 5.41) is 3.81. The maximum atomic E-state index is 13.9. The Kier molecular flexibility index (Phi) is 5.28. The van der Waals surface area contributed by atoms with E-state index in [-0.39, 0.29) is 17.9 Å². The minimum absolute atomic E-state index is 0.131. The van der Waals surface area contributed by atoms with Gasteiger partial charge >= 0.3 is 0 Å². The van der Waals surface area contributed by atoms with E-state index in [1.54, 1.807) is 29.4 Å². The quantitative estimate of drug-likeness (QED) is 0.536. The molecule has 1 unspecified atom stereocenters. The molecule has 2 aliphatic rings. The highest BCUT2D eigenvalue weighted by atomic mass is 35.5. The van der Waals surface area contributed by atoms with Gasteiger partial charge in [0.1, 0.15) is 11.2 Å². The fourth-order valence-electron chi connectivity index (χ4n) is 5.18. The molecule has 1 fully saturated rings. The largest absolute Gasteiger partial charge is 0.463 e. The monoisotopic (exact) mass is 453 g/mol. The molecule has 6 nitrogen and oxygen atoms in total. The topological polar surface area (TPSA) is 67.5 Å². The van der Waals surface area contributed by atoms with Crippen molar-refractivity contribution in [2.75, 3.05) is 4.90 Å². The van der Waals surface area contributed by atoms with E-state index in [2.05, 4.69) is 5.32 Å². The van der Waals surface area contributed by atoms with Crippen LogP contribution in [0.5, 0.6) is 0 Å². The summed E-state index contributed by atoms with van der Waals surface area (Å²) in [7, 11) is 0. The Labute approximate surface area is 192 Å². The molecule has 5 rings (SSSR count). The lowest BCUT2D eigenvalue weighted by Gasteiger charge is -2.45. The third-order valence-electron chi connectivity index (χ3n) is 7.00. The van der Waals surface area contributed by atoms with Gasteiger partial charge in [0, 0.05) is 28.9 Å². The predicted molar refractivity (Wildman–Crippen MR) is 125 cm³/mol. The number of benzene rings is 1. The van der Waals surface area contributed by atoms with Crippen LogP contribution in [-0.2, 0) is 11.3 Å². The normalized spacial score (nSPS) is 22.1. The van der Waals surface area contributed by atoms with Crippen LogP contribution in [0.3, 0.4) is 0 Å². The number of carbonyl (C=O) groups is 2. The number of fused-ring (bicyclic) bond motifs is 3. The zero-order valence-corrected chi connectivity index (χ0v) is 19.2. The Balaban J connectivity index is 1.61. The summed E-state index contributed by atoms with van der Waals surface area (Å²) in [4.78, 5) is 29.3. The number of anilines is 1. The number of halogens is 1. The van der Waals surface area contributed by atoms with Gasteiger partial charge in [0.15, 0.2) is 5.58 Å². The smallest absolute Gasteiger partial charge is 0.276 e. The van der Waals surface area contributed by atoms with E-state index < -0.39 is 5.54 Å².